The quantitative estimate of drug-likeness (QED) is 0.748. The van der Waals surface area contributed by atoms with Gasteiger partial charge in [0.1, 0.15) is 12.0 Å². The Morgan fingerprint density at radius 2 is 2.12 bits per heavy atom. The molecule has 0 saturated carbocycles. The Kier molecular flexibility index (Phi) is 3.55. The second-order valence-electron chi connectivity index (χ2n) is 3.71. The smallest absolute Gasteiger partial charge is 0.187 e. The van der Waals surface area contributed by atoms with Gasteiger partial charge in [0, 0.05) is 18.1 Å². The van der Waals surface area contributed by atoms with Gasteiger partial charge in [-0.1, -0.05) is 13.0 Å². The lowest BCUT2D eigenvalue weighted by Gasteiger charge is -2.01. The second kappa shape index (κ2) is 5.30. The van der Waals surface area contributed by atoms with Gasteiger partial charge in [-0.2, -0.15) is 0 Å². The van der Waals surface area contributed by atoms with Crippen LogP contribution >= 0.6 is 0 Å². The van der Waals surface area contributed by atoms with Crippen molar-refractivity contribution in [1.29, 1.82) is 0 Å². The molecule has 0 atom stereocenters. The van der Waals surface area contributed by atoms with Crippen LogP contribution in [0.4, 0.5) is 0 Å². The van der Waals surface area contributed by atoms with E-state index in [0.29, 0.717) is 5.69 Å². The molecule has 0 aliphatic rings. The molecule has 86 valence electrons. The normalized spacial score (nSPS) is 10.2. The monoisotopic (exact) mass is 227 g/mol. The molecule has 2 heterocycles. The first-order chi connectivity index (χ1) is 8.29. The van der Waals surface area contributed by atoms with Crippen molar-refractivity contribution >= 4 is 5.78 Å². The maximum absolute atomic E-state index is 11.8. The minimum absolute atomic E-state index is 0.0378. The van der Waals surface area contributed by atoms with E-state index in [0.717, 1.165) is 12.1 Å². The zero-order chi connectivity index (χ0) is 12.1. The molecule has 4 nitrogen and oxygen atoms in total. The molecular weight excluding hydrogens is 214 g/mol. The van der Waals surface area contributed by atoms with Crippen LogP contribution in [-0.2, 0) is 12.8 Å². The van der Waals surface area contributed by atoms with Crippen molar-refractivity contribution in [1.82, 2.24) is 15.0 Å². The topological polar surface area (TPSA) is 55.7 Å². The number of rotatable bonds is 4. The fraction of sp³-hybridized carbons (Fsp3) is 0.231. The SMILES string of the molecule is CCc1ccc(CC(=O)c2ccncn2)nc1. The van der Waals surface area contributed by atoms with Crippen molar-refractivity contribution in [2.24, 2.45) is 0 Å². The van der Waals surface area contributed by atoms with E-state index in [-0.39, 0.29) is 12.2 Å². The summed E-state index contributed by atoms with van der Waals surface area (Å²) in [5.74, 6) is -0.0378. The number of nitrogens with zero attached hydrogens (tertiary/aromatic N) is 3. The first-order valence-corrected chi connectivity index (χ1v) is 5.52. The number of carbonyl (C=O) groups excluding carboxylic acids is 1. The molecule has 0 aromatic carbocycles. The summed E-state index contributed by atoms with van der Waals surface area (Å²) in [5, 5.41) is 0. The van der Waals surface area contributed by atoms with Gasteiger partial charge in [0.05, 0.1) is 6.42 Å². The van der Waals surface area contributed by atoms with Crippen LogP contribution in [0.15, 0.2) is 36.9 Å². The summed E-state index contributed by atoms with van der Waals surface area (Å²) in [5.41, 5.74) is 2.37. The number of Topliss-reactive ketones (excluding diaryl/α,β-unsaturated/α-hetero) is 1. The Morgan fingerprint density at radius 1 is 1.24 bits per heavy atom. The van der Waals surface area contributed by atoms with Crippen molar-refractivity contribution < 1.29 is 4.79 Å². The molecule has 0 bridgehead atoms. The van der Waals surface area contributed by atoms with Gasteiger partial charge in [-0.05, 0) is 24.1 Å². The van der Waals surface area contributed by atoms with Gasteiger partial charge < -0.3 is 0 Å². The van der Waals surface area contributed by atoms with E-state index in [1.807, 2.05) is 18.3 Å². The molecule has 0 spiro atoms. The van der Waals surface area contributed by atoms with Crippen LogP contribution in [-0.4, -0.2) is 20.7 Å². The van der Waals surface area contributed by atoms with E-state index in [1.54, 1.807) is 12.3 Å². The Morgan fingerprint density at radius 3 is 2.71 bits per heavy atom. The highest BCUT2D eigenvalue weighted by Gasteiger charge is 2.08. The van der Waals surface area contributed by atoms with Crippen molar-refractivity contribution in [3.05, 3.63) is 53.9 Å². The van der Waals surface area contributed by atoms with Gasteiger partial charge >= 0.3 is 0 Å². The highest BCUT2D eigenvalue weighted by Crippen LogP contribution is 2.05. The van der Waals surface area contributed by atoms with Crippen molar-refractivity contribution in [3.63, 3.8) is 0 Å². The summed E-state index contributed by atoms with van der Waals surface area (Å²) in [7, 11) is 0. The molecule has 0 unspecified atom stereocenters. The third-order valence-electron chi connectivity index (χ3n) is 2.50. The Balaban J connectivity index is 2.08. The molecule has 0 fully saturated rings. The lowest BCUT2D eigenvalue weighted by atomic mass is 10.1. The summed E-state index contributed by atoms with van der Waals surface area (Å²) in [6.45, 7) is 2.07. The molecule has 0 aliphatic heterocycles. The molecule has 0 radical (unpaired) electrons. The molecule has 0 amide bonds. The highest BCUT2D eigenvalue weighted by atomic mass is 16.1. The minimum atomic E-state index is -0.0378. The molecule has 4 heteroatoms. The summed E-state index contributed by atoms with van der Waals surface area (Å²) >= 11 is 0. The van der Waals surface area contributed by atoms with E-state index in [9.17, 15) is 4.79 Å². The summed E-state index contributed by atoms with van der Waals surface area (Å²) in [6, 6.07) is 5.50. The lowest BCUT2D eigenvalue weighted by molar-refractivity contribution is 0.0987. The average Bonchev–Trinajstić information content (AvgIpc) is 2.40. The number of carbonyl (C=O) groups is 1. The van der Waals surface area contributed by atoms with Gasteiger partial charge in [0.15, 0.2) is 5.78 Å². The van der Waals surface area contributed by atoms with Gasteiger partial charge in [-0.3, -0.25) is 9.78 Å². The van der Waals surface area contributed by atoms with Gasteiger partial charge in [-0.25, -0.2) is 9.97 Å². The highest BCUT2D eigenvalue weighted by molar-refractivity contribution is 5.95. The summed E-state index contributed by atoms with van der Waals surface area (Å²) in [6.07, 6.45) is 5.98. The second-order valence-corrected chi connectivity index (χ2v) is 3.71. The van der Waals surface area contributed by atoms with Crippen LogP contribution < -0.4 is 0 Å². The largest absolute Gasteiger partial charge is 0.292 e. The van der Waals surface area contributed by atoms with Crippen molar-refractivity contribution in [2.75, 3.05) is 0 Å². The summed E-state index contributed by atoms with van der Waals surface area (Å²) in [4.78, 5) is 23.8. The van der Waals surface area contributed by atoms with Crippen LogP contribution in [0.3, 0.4) is 0 Å². The predicted octanol–water partition coefficient (Wildman–Crippen LogP) is 1.86. The molecule has 17 heavy (non-hydrogen) atoms. The van der Waals surface area contributed by atoms with E-state index in [4.69, 9.17) is 0 Å². The maximum Gasteiger partial charge on any atom is 0.187 e. The third kappa shape index (κ3) is 2.93. The number of hydrogen-bond donors (Lipinski definition) is 0. The number of ketones is 1. The van der Waals surface area contributed by atoms with Gasteiger partial charge in [-0.15, -0.1) is 0 Å². The first-order valence-electron chi connectivity index (χ1n) is 5.52. The van der Waals surface area contributed by atoms with Crippen LogP contribution in [0, 0.1) is 0 Å². The maximum atomic E-state index is 11.8. The van der Waals surface area contributed by atoms with Crippen molar-refractivity contribution in [3.8, 4) is 0 Å². The van der Waals surface area contributed by atoms with E-state index in [2.05, 4.69) is 21.9 Å². The Labute approximate surface area is 99.8 Å². The molecule has 0 N–H and O–H groups in total. The summed E-state index contributed by atoms with van der Waals surface area (Å²) < 4.78 is 0. The molecule has 2 aromatic rings. The zero-order valence-electron chi connectivity index (χ0n) is 9.63. The zero-order valence-corrected chi connectivity index (χ0v) is 9.63. The van der Waals surface area contributed by atoms with Gasteiger partial charge in [0.2, 0.25) is 0 Å². The number of pyridine rings is 1. The van der Waals surface area contributed by atoms with E-state index < -0.39 is 0 Å². The molecule has 0 aliphatic carbocycles. The number of aryl methyl sites for hydroxylation is 1. The van der Waals surface area contributed by atoms with Crippen LogP contribution in [0.25, 0.3) is 0 Å². The molecule has 0 saturated heterocycles. The standard InChI is InChI=1S/C13H13N3O/c1-2-10-3-4-11(15-8-10)7-13(17)12-5-6-14-9-16-12/h3-6,8-9H,2,7H2,1H3. The van der Waals surface area contributed by atoms with Crippen LogP contribution in [0.2, 0.25) is 0 Å². The van der Waals surface area contributed by atoms with Crippen LogP contribution in [0.5, 0.6) is 0 Å². The van der Waals surface area contributed by atoms with Crippen molar-refractivity contribution in [2.45, 2.75) is 19.8 Å². The predicted molar refractivity (Wildman–Crippen MR) is 63.7 cm³/mol. The minimum Gasteiger partial charge on any atom is -0.292 e. The Hall–Kier alpha value is -2.10. The lowest BCUT2D eigenvalue weighted by Crippen LogP contribution is -2.07. The number of hydrogen-bond acceptors (Lipinski definition) is 4. The van der Waals surface area contributed by atoms with Gasteiger partial charge in [0.25, 0.3) is 0 Å². The molecular formula is C13H13N3O. The van der Waals surface area contributed by atoms with Crippen LogP contribution in [0.1, 0.15) is 28.7 Å². The molecule has 2 rings (SSSR count). The average molecular weight is 227 g/mol. The van der Waals surface area contributed by atoms with E-state index in [1.165, 1.54) is 11.9 Å². The fourth-order valence-electron chi connectivity index (χ4n) is 1.48. The third-order valence-corrected chi connectivity index (χ3v) is 2.50. The molecule has 2 aromatic heterocycles. The first kappa shape index (κ1) is 11.4. The van der Waals surface area contributed by atoms with E-state index >= 15 is 0 Å². The fourth-order valence-corrected chi connectivity index (χ4v) is 1.48. The number of aromatic nitrogens is 3. The Bertz CT molecular complexity index is 494.